The molecular formula is C16H18N2O3. The van der Waals surface area contributed by atoms with E-state index in [-0.39, 0.29) is 0 Å². The Morgan fingerprint density at radius 1 is 1.24 bits per heavy atom. The molecule has 1 saturated carbocycles. The van der Waals surface area contributed by atoms with Gasteiger partial charge in [0.1, 0.15) is 5.54 Å². The second kappa shape index (κ2) is 6.31. The molecule has 0 heterocycles. The monoisotopic (exact) mass is 286 g/mol. The van der Waals surface area contributed by atoms with Crippen LogP contribution in [-0.2, 0) is 4.79 Å². The molecule has 110 valence electrons. The number of aliphatic carboxylic acids is 1. The van der Waals surface area contributed by atoms with Crippen molar-refractivity contribution in [2.24, 2.45) is 0 Å². The van der Waals surface area contributed by atoms with Crippen LogP contribution in [0.25, 0.3) is 0 Å². The normalized spacial score (nSPS) is 16.5. The van der Waals surface area contributed by atoms with Gasteiger partial charge in [-0.3, -0.25) is 0 Å². The minimum atomic E-state index is -1.16. The fourth-order valence-electron chi connectivity index (χ4n) is 2.61. The van der Waals surface area contributed by atoms with Crippen molar-refractivity contribution in [2.75, 3.05) is 5.32 Å². The Labute approximate surface area is 123 Å². The van der Waals surface area contributed by atoms with Crippen LogP contribution in [0.3, 0.4) is 0 Å². The fourth-order valence-corrected chi connectivity index (χ4v) is 2.61. The lowest BCUT2D eigenvalue weighted by atomic mass is 9.82. The molecule has 1 aliphatic rings. The van der Waals surface area contributed by atoms with Crippen molar-refractivity contribution in [2.45, 2.75) is 37.6 Å². The Hall–Kier alpha value is -2.48. The predicted molar refractivity (Wildman–Crippen MR) is 80.0 cm³/mol. The van der Waals surface area contributed by atoms with Crippen LogP contribution in [0.15, 0.2) is 24.3 Å². The Bertz CT molecular complexity index is 583. The molecule has 0 radical (unpaired) electrons. The standard InChI is InChI=1S/C16H18N2O3/c1-2-12-7-6-8-13(11-12)17-15(21)18-16(14(19)20)9-4-3-5-10-16/h1,6-8,11H,3-5,9-10H2,(H,19,20)(H2,17,18,21). The number of carbonyl (C=O) groups excluding carboxylic acids is 1. The Morgan fingerprint density at radius 2 is 1.95 bits per heavy atom. The third-order valence-electron chi connectivity index (χ3n) is 3.76. The molecule has 1 aromatic carbocycles. The summed E-state index contributed by atoms with van der Waals surface area (Å²) in [5.41, 5.74) is 0.0317. The molecule has 0 aliphatic heterocycles. The summed E-state index contributed by atoms with van der Waals surface area (Å²) >= 11 is 0. The number of carbonyl (C=O) groups is 2. The van der Waals surface area contributed by atoms with Crippen molar-refractivity contribution >= 4 is 17.7 Å². The highest BCUT2D eigenvalue weighted by Crippen LogP contribution is 2.28. The molecule has 0 bridgehead atoms. The molecular weight excluding hydrogens is 268 g/mol. The number of nitrogens with one attached hydrogen (secondary N) is 2. The van der Waals surface area contributed by atoms with Crippen LogP contribution < -0.4 is 10.6 Å². The summed E-state index contributed by atoms with van der Waals surface area (Å²) in [7, 11) is 0. The molecule has 1 fully saturated rings. The summed E-state index contributed by atoms with van der Waals surface area (Å²) in [6, 6.07) is 6.33. The summed E-state index contributed by atoms with van der Waals surface area (Å²) in [4.78, 5) is 23.5. The van der Waals surface area contributed by atoms with Crippen LogP contribution in [0.1, 0.15) is 37.7 Å². The summed E-state index contributed by atoms with van der Waals surface area (Å²) < 4.78 is 0. The number of urea groups is 1. The molecule has 0 spiro atoms. The average Bonchev–Trinajstić information content (AvgIpc) is 2.48. The lowest BCUT2D eigenvalue weighted by Crippen LogP contribution is -2.56. The summed E-state index contributed by atoms with van der Waals surface area (Å²) in [6.07, 6.45) is 8.83. The number of terminal acetylenes is 1. The largest absolute Gasteiger partial charge is 0.480 e. The van der Waals surface area contributed by atoms with Gasteiger partial charge in [0, 0.05) is 11.3 Å². The lowest BCUT2D eigenvalue weighted by Gasteiger charge is -2.33. The van der Waals surface area contributed by atoms with Gasteiger partial charge in [0.2, 0.25) is 0 Å². The van der Waals surface area contributed by atoms with Gasteiger partial charge in [-0.25, -0.2) is 9.59 Å². The molecule has 21 heavy (non-hydrogen) atoms. The topological polar surface area (TPSA) is 78.4 Å². The fraction of sp³-hybridized carbons (Fsp3) is 0.375. The molecule has 0 aromatic heterocycles. The first-order valence-electron chi connectivity index (χ1n) is 6.95. The number of carboxylic acids is 1. The zero-order valence-corrected chi connectivity index (χ0v) is 11.7. The highest BCUT2D eigenvalue weighted by atomic mass is 16.4. The van der Waals surface area contributed by atoms with E-state index in [9.17, 15) is 14.7 Å². The molecule has 1 aliphatic carbocycles. The van der Waals surface area contributed by atoms with Crippen LogP contribution in [0.2, 0.25) is 0 Å². The molecule has 5 nitrogen and oxygen atoms in total. The smallest absolute Gasteiger partial charge is 0.329 e. The van der Waals surface area contributed by atoms with Gasteiger partial charge >= 0.3 is 12.0 Å². The molecule has 5 heteroatoms. The molecule has 3 N–H and O–H groups in total. The van der Waals surface area contributed by atoms with Crippen molar-refractivity contribution in [3.8, 4) is 12.3 Å². The number of amides is 2. The molecule has 2 rings (SSSR count). The van der Waals surface area contributed by atoms with Gasteiger partial charge in [-0.05, 0) is 31.0 Å². The number of carboxylic acid groups (broad SMARTS) is 1. The van der Waals surface area contributed by atoms with Gasteiger partial charge in [0.05, 0.1) is 0 Å². The molecule has 0 saturated heterocycles. The highest BCUT2D eigenvalue weighted by Gasteiger charge is 2.40. The SMILES string of the molecule is C#Cc1cccc(NC(=O)NC2(C(=O)O)CCCCC2)c1. The number of rotatable bonds is 3. The number of hydrogen-bond donors (Lipinski definition) is 3. The minimum absolute atomic E-state index is 0.458. The van der Waals surface area contributed by atoms with Crippen molar-refractivity contribution in [3.63, 3.8) is 0 Å². The van der Waals surface area contributed by atoms with Gasteiger partial charge in [0.15, 0.2) is 0 Å². The summed E-state index contributed by atoms with van der Waals surface area (Å²) in [6.45, 7) is 0. The molecule has 0 unspecified atom stereocenters. The van der Waals surface area contributed by atoms with E-state index >= 15 is 0 Å². The molecule has 0 atom stereocenters. The first-order valence-corrected chi connectivity index (χ1v) is 6.95. The van der Waals surface area contributed by atoms with E-state index in [1.807, 2.05) is 0 Å². The maximum Gasteiger partial charge on any atom is 0.329 e. The average molecular weight is 286 g/mol. The van der Waals surface area contributed by atoms with E-state index in [4.69, 9.17) is 6.42 Å². The van der Waals surface area contributed by atoms with E-state index in [1.54, 1.807) is 24.3 Å². The van der Waals surface area contributed by atoms with Crippen molar-refractivity contribution in [1.82, 2.24) is 5.32 Å². The van der Waals surface area contributed by atoms with Crippen LogP contribution in [-0.4, -0.2) is 22.6 Å². The first-order chi connectivity index (χ1) is 10.1. The molecule has 2 amide bonds. The van der Waals surface area contributed by atoms with Crippen LogP contribution >= 0.6 is 0 Å². The maximum atomic E-state index is 12.1. The number of benzene rings is 1. The summed E-state index contributed by atoms with van der Waals surface area (Å²) in [5, 5.41) is 14.7. The first kappa shape index (κ1) is 14.9. The highest BCUT2D eigenvalue weighted by molar-refractivity contribution is 5.94. The van der Waals surface area contributed by atoms with Gasteiger partial charge in [-0.2, -0.15) is 0 Å². The van der Waals surface area contributed by atoms with E-state index in [1.165, 1.54) is 0 Å². The number of hydrogen-bond acceptors (Lipinski definition) is 2. The van der Waals surface area contributed by atoms with Gasteiger partial charge in [0.25, 0.3) is 0 Å². The Morgan fingerprint density at radius 3 is 2.57 bits per heavy atom. The zero-order valence-electron chi connectivity index (χ0n) is 11.7. The van der Waals surface area contributed by atoms with Crippen LogP contribution in [0.5, 0.6) is 0 Å². The van der Waals surface area contributed by atoms with Gasteiger partial charge in [-0.1, -0.05) is 31.2 Å². The lowest BCUT2D eigenvalue weighted by molar-refractivity contribution is -0.145. The van der Waals surface area contributed by atoms with E-state index in [0.29, 0.717) is 24.1 Å². The van der Waals surface area contributed by atoms with E-state index < -0.39 is 17.5 Å². The zero-order chi connectivity index (χ0) is 15.3. The van der Waals surface area contributed by atoms with Crippen molar-refractivity contribution < 1.29 is 14.7 Å². The second-order valence-electron chi connectivity index (χ2n) is 5.25. The predicted octanol–water partition coefficient (Wildman–Crippen LogP) is 2.58. The second-order valence-corrected chi connectivity index (χ2v) is 5.25. The third kappa shape index (κ3) is 3.54. The Kier molecular flexibility index (Phi) is 4.49. The quantitative estimate of drug-likeness (QED) is 0.747. The number of anilines is 1. The van der Waals surface area contributed by atoms with Crippen molar-refractivity contribution in [3.05, 3.63) is 29.8 Å². The van der Waals surface area contributed by atoms with Gasteiger partial charge in [-0.15, -0.1) is 6.42 Å². The van der Waals surface area contributed by atoms with Crippen molar-refractivity contribution in [1.29, 1.82) is 0 Å². The van der Waals surface area contributed by atoms with Crippen LogP contribution in [0, 0.1) is 12.3 Å². The maximum absolute atomic E-state index is 12.1. The third-order valence-corrected chi connectivity index (χ3v) is 3.76. The van der Waals surface area contributed by atoms with E-state index in [2.05, 4.69) is 16.6 Å². The summed E-state index contributed by atoms with van der Waals surface area (Å²) in [5.74, 6) is 1.50. The molecule has 1 aromatic rings. The van der Waals surface area contributed by atoms with E-state index in [0.717, 1.165) is 19.3 Å². The van der Waals surface area contributed by atoms with Gasteiger partial charge < -0.3 is 15.7 Å². The Balaban J connectivity index is 2.06. The van der Waals surface area contributed by atoms with Crippen LogP contribution in [0.4, 0.5) is 10.5 Å². The minimum Gasteiger partial charge on any atom is -0.480 e.